The highest BCUT2D eigenvalue weighted by Crippen LogP contribution is 2.37. The summed E-state index contributed by atoms with van der Waals surface area (Å²) in [5.74, 6) is 0.935. The van der Waals surface area contributed by atoms with E-state index in [9.17, 15) is 8.42 Å². The number of likely N-dealkylation sites (N-methyl/N-ethyl adjacent to an activating group) is 1. The summed E-state index contributed by atoms with van der Waals surface area (Å²) in [5, 5.41) is 0. The van der Waals surface area contributed by atoms with Gasteiger partial charge in [0.2, 0.25) is 5.95 Å². The minimum Gasteiger partial charge on any atom is -0.496 e. The molecule has 0 radical (unpaired) electrons. The average Bonchev–Trinajstić information content (AvgIpc) is 3.35. The van der Waals surface area contributed by atoms with E-state index in [1.807, 2.05) is 32.0 Å². The van der Waals surface area contributed by atoms with Crippen molar-refractivity contribution < 1.29 is 13.2 Å². The van der Waals surface area contributed by atoms with Crippen LogP contribution in [-0.2, 0) is 22.9 Å². The zero-order valence-corrected chi connectivity index (χ0v) is 26.4. The van der Waals surface area contributed by atoms with Gasteiger partial charge in [-0.25, -0.2) is 23.1 Å². The summed E-state index contributed by atoms with van der Waals surface area (Å²) in [5.41, 5.74) is 8.28. The summed E-state index contributed by atoms with van der Waals surface area (Å²) in [6, 6.07) is 18.1. The molecular formula is C33H40N6O3S. The molecule has 1 atom stereocenters. The number of fused-ring (bicyclic) bond motifs is 1. The molecule has 4 aromatic rings. The molecule has 1 saturated heterocycles. The molecule has 43 heavy (non-hydrogen) atoms. The standard InChI is InChI=1S/C33H40N6O3S/c1-22-18-25(6-13-32(22)42-5)31-21-26-20-28(38-16-14-37(4)15-17-38)9-12-30(26)39(31)27-7-10-29(11-8-27)43(40,41)36-33-34-23(2)19-24(3)35-33/h6-8,10-11,13,18-19,21,28H,9,12,14-17,20H2,1-5H3,(H,34,35,36). The Labute approximate surface area is 254 Å². The first-order valence-corrected chi connectivity index (χ1v) is 16.4. The molecule has 1 aliphatic carbocycles. The van der Waals surface area contributed by atoms with Gasteiger partial charge in [-0.2, -0.15) is 0 Å². The fraction of sp³-hybridized carbons (Fsp3) is 0.394. The van der Waals surface area contributed by atoms with Gasteiger partial charge in [0.15, 0.2) is 0 Å². The number of nitrogens with one attached hydrogen (secondary N) is 1. The minimum absolute atomic E-state index is 0.0770. The van der Waals surface area contributed by atoms with Crippen LogP contribution in [0, 0.1) is 20.8 Å². The Balaban J connectivity index is 1.35. The van der Waals surface area contributed by atoms with E-state index in [0.29, 0.717) is 17.4 Å². The van der Waals surface area contributed by atoms with E-state index in [4.69, 9.17) is 4.74 Å². The topological polar surface area (TPSA) is 92.6 Å². The molecule has 0 amide bonds. The van der Waals surface area contributed by atoms with E-state index in [0.717, 1.165) is 73.7 Å². The van der Waals surface area contributed by atoms with Gasteiger partial charge in [-0.05, 0) is 118 Å². The van der Waals surface area contributed by atoms with E-state index in [1.165, 1.54) is 11.3 Å². The molecule has 1 fully saturated rings. The van der Waals surface area contributed by atoms with Crippen LogP contribution in [0.4, 0.5) is 5.95 Å². The van der Waals surface area contributed by atoms with Gasteiger partial charge in [0, 0.05) is 55.0 Å². The Morgan fingerprint density at radius 3 is 2.26 bits per heavy atom. The fourth-order valence-electron chi connectivity index (χ4n) is 6.48. The molecule has 3 heterocycles. The monoisotopic (exact) mass is 600 g/mol. The number of methoxy groups -OCH3 is 1. The SMILES string of the molecule is COc1ccc(-c2cc3c(n2-c2ccc(S(=O)(=O)Nc4nc(C)cc(C)n4)cc2)CCC(N2CCN(C)CC2)C3)cc1C. The van der Waals surface area contributed by atoms with Crippen LogP contribution in [-0.4, -0.2) is 79.1 Å². The summed E-state index contributed by atoms with van der Waals surface area (Å²) < 4.78 is 36.8. The Kier molecular flexibility index (Phi) is 8.02. The molecule has 9 nitrogen and oxygen atoms in total. The van der Waals surface area contributed by atoms with E-state index >= 15 is 0 Å². The van der Waals surface area contributed by atoms with Gasteiger partial charge in [-0.1, -0.05) is 0 Å². The third kappa shape index (κ3) is 6.04. The van der Waals surface area contributed by atoms with Gasteiger partial charge in [0.1, 0.15) is 5.75 Å². The molecule has 0 bridgehead atoms. The van der Waals surface area contributed by atoms with Crippen molar-refractivity contribution in [3.63, 3.8) is 0 Å². The molecule has 2 aromatic carbocycles. The van der Waals surface area contributed by atoms with Crippen molar-refractivity contribution in [3.8, 4) is 22.7 Å². The second-order valence-corrected chi connectivity index (χ2v) is 13.5. The highest BCUT2D eigenvalue weighted by atomic mass is 32.2. The summed E-state index contributed by atoms with van der Waals surface area (Å²) in [6.45, 7) is 10.1. The number of nitrogens with zero attached hydrogens (tertiary/aromatic N) is 5. The summed E-state index contributed by atoms with van der Waals surface area (Å²) >= 11 is 0. The Morgan fingerprint density at radius 2 is 1.60 bits per heavy atom. The van der Waals surface area contributed by atoms with Crippen LogP contribution in [0.1, 0.15) is 34.6 Å². The predicted molar refractivity (Wildman–Crippen MR) is 170 cm³/mol. The second kappa shape index (κ2) is 11.7. The van der Waals surface area contributed by atoms with Crippen LogP contribution >= 0.6 is 0 Å². The molecule has 1 unspecified atom stereocenters. The van der Waals surface area contributed by atoms with Gasteiger partial charge < -0.3 is 14.2 Å². The van der Waals surface area contributed by atoms with Crippen molar-refractivity contribution >= 4 is 16.0 Å². The molecule has 6 rings (SSSR count). The van der Waals surface area contributed by atoms with Crippen molar-refractivity contribution in [1.29, 1.82) is 0 Å². The lowest BCUT2D eigenvalue weighted by molar-refractivity contribution is 0.103. The molecule has 226 valence electrons. The maximum absolute atomic E-state index is 13.2. The van der Waals surface area contributed by atoms with Crippen molar-refractivity contribution in [1.82, 2.24) is 24.3 Å². The van der Waals surface area contributed by atoms with Gasteiger partial charge in [-0.3, -0.25) is 4.90 Å². The van der Waals surface area contributed by atoms with Crippen molar-refractivity contribution in [2.75, 3.05) is 45.1 Å². The molecule has 0 spiro atoms. The van der Waals surface area contributed by atoms with Crippen LogP contribution in [0.5, 0.6) is 5.75 Å². The zero-order chi connectivity index (χ0) is 30.3. The minimum atomic E-state index is -3.86. The number of ether oxygens (including phenoxy) is 1. The first kappa shape index (κ1) is 29.3. The number of aromatic nitrogens is 3. The lowest BCUT2D eigenvalue weighted by atomic mass is 9.91. The van der Waals surface area contributed by atoms with E-state index in [1.54, 1.807) is 25.3 Å². The first-order valence-electron chi connectivity index (χ1n) is 14.9. The first-order chi connectivity index (χ1) is 20.6. The number of sulfonamides is 1. The number of aryl methyl sites for hydroxylation is 3. The lowest BCUT2D eigenvalue weighted by Gasteiger charge is -2.39. The van der Waals surface area contributed by atoms with Gasteiger partial charge in [0.05, 0.1) is 17.7 Å². The van der Waals surface area contributed by atoms with Gasteiger partial charge >= 0.3 is 0 Å². The molecule has 1 N–H and O–H groups in total. The van der Waals surface area contributed by atoms with Crippen LogP contribution in [0.15, 0.2) is 59.5 Å². The maximum Gasteiger partial charge on any atom is 0.264 e. The number of piperazine rings is 1. The third-order valence-corrected chi connectivity index (χ3v) is 10.1. The van der Waals surface area contributed by atoms with Crippen LogP contribution in [0.3, 0.4) is 0 Å². The van der Waals surface area contributed by atoms with Crippen LogP contribution < -0.4 is 9.46 Å². The summed E-state index contributed by atoms with van der Waals surface area (Å²) in [4.78, 5) is 13.7. The molecule has 1 aliphatic heterocycles. The van der Waals surface area contributed by atoms with Crippen LogP contribution in [0.2, 0.25) is 0 Å². The maximum atomic E-state index is 13.2. The van der Waals surface area contributed by atoms with Crippen molar-refractivity contribution in [2.45, 2.75) is 51.0 Å². The molecule has 2 aromatic heterocycles. The number of hydrogen-bond acceptors (Lipinski definition) is 7. The number of benzene rings is 2. The Hall–Kier alpha value is -3.73. The number of rotatable bonds is 7. The van der Waals surface area contributed by atoms with Gasteiger partial charge in [-0.15, -0.1) is 0 Å². The van der Waals surface area contributed by atoms with Crippen LogP contribution in [0.25, 0.3) is 16.9 Å². The quantitative estimate of drug-likeness (QED) is 0.327. The Bertz CT molecular complexity index is 1720. The highest BCUT2D eigenvalue weighted by Gasteiger charge is 2.30. The predicted octanol–water partition coefficient (Wildman–Crippen LogP) is 4.77. The number of hydrogen-bond donors (Lipinski definition) is 1. The highest BCUT2D eigenvalue weighted by molar-refractivity contribution is 7.92. The van der Waals surface area contributed by atoms with E-state index < -0.39 is 10.0 Å². The van der Waals surface area contributed by atoms with Crippen molar-refractivity contribution in [3.05, 3.63) is 82.8 Å². The summed E-state index contributed by atoms with van der Waals surface area (Å²) in [7, 11) is 0.0348. The molecule has 2 aliphatic rings. The molecular weight excluding hydrogens is 560 g/mol. The summed E-state index contributed by atoms with van der Waals surface area (Å²) in [6.07, 6.45) is 3.09. The zero-order valence-electron chi connectivity index (χ0n) is 25.6. The average molecular weight is 601 g/mol. The second-order valence-electron chi connectivity index (χ2n) is 11.8. The normalized spacial score (nSPS) is 17.9. The Morgan fingerprint density at radius 1 is 0.907 bits per heavy atom. The lowest BCUT2D eigenvalue weighted by Crippen LogP contribution is -2.50. The molecule has 0 saturated carbocycles. The third-order valence-electron chi connectivity index (χ3n) is 8.72. The van der Waals surface area contributed by atoms with E-state index in [-0.39, 0.29) is 10.8 Å². The number of anilines is 1. The van der Waals surface area contributed by atoms with Gasteiger partial charge in [0.25, 0.3) is 10.0 Å². The molecule has 10 heteroatoms. The smallest absolute Gasteiger partial charge is 0.264 e. The fourth-order valence-corrected chi connectivity index (χ4v) is 7.42. The largest absolute Gasteiger partial charge is 0.496 e. The van der Waals surface area contributed by atoms with E-state index in [2.05, 4.69) is 61.2 Å². The van der Waals surface area contributed by atoms with Crippen molar-refractivity contribution in [2.24, 2.45) is 0 Å².